The molecule has 0 aliphatic carbocycles. The van der Waals surface area contributed by atoms with Crippen molar-refractivity contribution in [2.45, 2.75) is 111 Å². The summed E-state index contributed by atoms with van der Waals surface area (Å²) in [7, 11) is 0. The van der Waals surface area contributed by atoms with Crippen LogP contribution in [-0.4, -0.2) is 96.7 Å². The molecule has 0 radical (unpaired) electrons. The van der Waals surface area contributed by atoms with E-state index < -0.39 is 104 Å². The highest BCUT2D eigenvalue weighted by Crippen LogP contribution is 2.64. The van der Waals surface area contributed by atoms with Crippen LogP contribution in [0.5, 0.6) is 11.5 Å². The van der Waals surface area contributed by atoms with Gasteiger partial charge < -0.3 is 33.5 Å². The van der Waals surface area contributed by atoms with E-state index in [4.69, 9.17) is 28.4 Å². The minimum atomic E-state index is -8.70. The van der Waals surface area contributed by atoms with Gasteiger partial charge in [-0.3, -0.25) is 0 Å². The average molecular weight is 1000 g/mol. The highest BCUT2D eigenvalue weighted by atomic mass is 19.4. The van der Waals surface area contributed by atoms with Gasteiger partial charge in [0.1, 0.15) is 35.9 Å². The van der Waals surface area contributed by atoms with Crippen molar-refractivity contribution in [3.63, 3.8) is 0 Å². The van der Waals surface area contributed by atoms with Crippen LogP contribution < -0.4 is 9.47 Å². The van der Waals surface area contributed by atoms with Crippen molar-refractivity contribution >= 4 is 0 Å². The summed E-state index contributed by atoms with van der Waals surface area (Å²) in [6.07, 6.45) is -17.5. The Morgan fingerprint density at radius 2 is 0.824 bits per heavy atom. The molecule has 68 heavy (non-hydrogen) atoms. The number of benzene rings is 4. The van der Waals surface area contributed by atoms with E-state index in [1.54, 1.807) is 78.9 Å². The Morgan fingerprint density at radius 3 is 1.25 bits per heavy atom. The lowest BCUT2D eigenvalue weighted by atomic mass is 9.88. The van der Waals surface area contributed by atoms with Gasteiger partial charge in [-0.25, -0.2) is 0 Å². The molecule has 5 rings (SSSR count). The molecule has 0 aromatic heterocycles. The fraction of sp³-hybridized carbons (Fsp3) is 0.455. The number of hydrogen-bond donors (Lipinski definition) is 1. The molecule has 0 amide bonds. The number of alkyl halides is 17. The summed E-state index contributed by atoms with van der Waals surface area (Å²) >= 11 is 0. The van der Waals surface area contributed by atoms with Crippen LogP contribution in [0.25, 0.3) is 0 Å². The van der Waals surface area contributed by atoms with Gasteiger partial charge in [-0.05, 0) is 47.4 Å². The maximum Gasteiger partial charge on any atom is 0.460 e. The van der Waals surface area contributed by atoms with Gasteiger partial charge in [0.2, 0.25) is 6.29 Å². The zero-order chi connectivity index (χ0) is 50.4. The van der Waals surface area contributed by atoms with E-state index >= 15 is 0 Å². The number of halogens is 17. The zero-order valence-corrected chi connectivity index (χ0v) is 34.6. The standard InChI is InChI=1S/C44H39F17O7/c45-37(46,38(47,48)39(49,50)40(51,52)41(53,54)42(55,56)43(57,58)44(59,60)61)21-10-22-63-30-17-19-31(20-18-30)67-36-35(66-26-29-15-8-3-9-16-29)34(65-25-28-13-6-2-7-14-28)33(32(23-62)68-36)64-24-27-11-4-1-5-12-27/h1-9,11-20,32-36,62H,10,21-26H2/t32-,33+,34+,35-,36-/m1/s1. The van der Waals surface area contributed by atoms with E-state index in [0.717, 1.165) is 28.8 Å². The Balaban J connectivity index is 1.29. The second kappa shape index (κ2) is 21.0. The lowest BCUT2D eigenvalue weighted by Gasteiger charge is -2.45. The van der Waals surface area contributed by atoms with Crippen molar-refractivity contribution in [2.24, 2.45) is 0 Å². The molecule has 0 bridgehead atoms. The molecule has 0 spiro atoms. The van der Waals surface area contributed by atoms with Crippen molar-refractivity contribution in [3.05, 3.63) is 132 Å². The smallest absolute Gasteiger partial charge is 0.460 e. The first-order valence-corrected chi connectivity index (χ1v) is 20.0. The van der Waals surface area contributed by atoms with Gasteiger partial charge in [-0.15, -0.1) is 0 Å². The Kier molecular flexibility index (Phi) is 16.7. The molecule has 1 aliphatic heterocycles. The van der Waals surface area contributed by atoms with Gasteiger partial charge >= 0.3 is 47.6 Å². The van der Waals surface area contributed by atoms with Crippen LogP contribution in [0.3, 0.4) is 0 Å². The molecule has 4 aromatic rings. The molecule has 1 saturated heterocycles. The van der Waals surface area contributed by atoms with Crippen molar-refractivity contribution < 1.29 is 108 Å². The lowest BCUT2D eigenvalue weighted by Crippen LogP contribution is -2.74. The number of rotatable bonds is 23. The third-order valence-corrected chi connectivity index (χ3v) is 10.4. The molecule has 0 saturated carbocycles. The third-order valence-electron chi connectivity index (χ3n) is 10.4. The van der Waals surface area contributed by atoms with Crippen molar-refractivity contribution in [2.75, 3.05) is 13.2 Å². The fourth-order valence-electron chi connectivity index (χ4n) is 6.57. The molecule has 7 nitrogen and oxygen atoms in total. The molecule has 0 unspecified atom stereocenters. The summed E-state index contributed by atoms with van der Waals surface area (Å²) in [6.45, 7) is -1.63. The highest BCUT2D eigenvalue weighted by Gasteiger charge is 2.95. The highest BCUT2D eigenvalue weighted by molar-refractivity contribution is 5.31. The monoisotopic (exact) mass is 1000 g/mol. The molecule has 5 atom stereocenters. The fourth-order valence-corrected chi connectivity index (χ4v) is 6.57. The molecule has 376 valence electrons. The van der Waals surface area contributed by atoms with Crippen LogP contribution in [-0.2, 0) is 38.8 Å². The molecule has 1 fully saturated rings. The quantitative estimate of drug-likeness (QED) is 0.0586. The lowest BCUT2D eigenvalue weighted by molar-refractivity contribution is -0.461. The molecule has 1 heterocycles. The summed E-state index contributed by atoms with van der Waals surface area (Å²) in [4.78, 5) is 0. The number of ether oxygens (including phenoxy) is 6. The Bertz CT molecular complexity index is 2170. The zero-order valence-electron chi connectivity index (χ0n) is 34.6. The summed E-state index contributed by atoms with van der Waals surface area (Å²) in [5, 5.41) is 10.5. The second-order valence-electron chi connectivity index (χ2n) is 15.2. The molecular formula is C44H39F17O7. The van der Waals surface area contributed by atoms with Crippen LogP contribution in [0.2, 0.25) is 0 Å². The van der Waals surface area contributed by atoms with Crippen LogP contribution >= 0.6 is 0 Å². The first kappa shape index (κ1) is 54.0. The molecule has 1 N–H and O–H groups in total. The average Bonchev–Trinajstić information content (AvgIpc) is 3.29. The van der Waals surface area contributed by atoms with Crippen LogP contribution in [0.1, 0.15) is 29.5 Å². The Labute approximate surface area is 375 Å². The normalized spacial score (nSPS) is 20.3. The Hall–Kier alpha value is -4.91. The van der Waals surface area contributed by atoms with Crippen molar-refractivity contribution in [1.82, 2.24) is 0 Å². The number of aliphatic hydroxyl groups is 1. The van der Waals surface area contributed by atoms with E-state index in [1.165, 1.54) is 12.1 Å². The topological polar surface area (TPSA) is 75.6 Å². The largest absolute Gasteiger partial charge is 0.494 e. The van der Waals surface area contributed by atoms with Gasteiger partial charge in [0.25, 0.3) is 0 Å². The van der Waals surface area contributed by atoms with Gasteiger partial charge in [-0.2, -0.15) is 74.6 Å². The van der Waals surface area contributed by atoms with Crippen molar-refractivity contribution in [3.8, 4) is 11.5 Å². The van der Waals surface area contributed by atoms with E-state index in [-0.39, 0.29) is 31.3 Å². The van der Waals surface area contributed by atoms with Gasteiger partial charge in [0.15, 0.2) is 0 Å². The van der Waals surface area contributed by atoms with E-state index in [1.807, 2.05) is 12.1 Å². The minimum absolute atomic E-state index is 0.00373. The summed E-state index contributed by atoms with van der Waals surface area (Å²) in [5.74, 6) is -57.1. The first-order chi connectivity index (χ1) is 31.6. The third kappa shape index (κ3) is 11.1. The van der Waals surface area contributed by atoms with Crippen LogP contribution in [0.15, 0.2) is 115 Å². The van der Waals surface area contributed by atoms with E-state index in [9.17, 15) is 79.7 Å². The molecule has 24 heteroatoms. The number of hydrogen-bond acceptors (Lipinski definition) is 7. The maximum absolute atomic E-state index is 14.4. The van der Waals surface area contributed by atoms with E-state index in [0.29, 0.717) is 0 Å². The van der Waals surface area contributed by atoms with Gasteiger partial charge in [-0.1, -0.05) is 91.0 Å². The summed E-state index contributed by atoms with van der Waals surface area (Å²) in [6, 6.07) is 31.5. The second-order valence-corrected chi connectivity index (χ2v) is 15.2. The van der Waals surface area contributed by atoms with Gasteiger partial charge in [0.05, 0.1) is 33.0 Å². The van der Waals surface area contributed by atoms with Crippen LogP contribution in [0, 0.1) is 0 Å². The molecular weight excluding hydrogens is 963 g/mol. The minimum Gasteiger partial charge on any atom is -0.494 e. The van der Waals surface area contributed by atoms with E-state index in [2.05, 4.69) is 0 Å². The predicted octanol–water partition coefficient (Wildman–Crippen LogP) is 11.7. The SMILES string of the molecule is OC[C@H]1O[C@@H](Oc2ccc(OCCCC(F)(F)C(F)(F)C(F)(F)C(F)(F)C(F)(F)C(F)(F)C(F)(F)C(F)(F)F)cc2)[C@H](OCc2ccccc2)[C@@H](OCc2ccccc2)[C@H]1OCc1ccccc1. The number of aliphatic hydroxyl groups excluding tert-OH is 1. The summed E-state index contributed by atoms with van der Waals surface area (Å²) < 4.78 is 268. The maximum atomic E-state index is 14.4. The van der Waals surface area contributed by atoms with Gasteiger partial charge in [0, 0.05) is 6.42 Å². The first-order valence-electron chi connectivity index (χ1n) is 20.0. The summed E-state index contributed by atoms with van der Waals surface area (Å²) in [5.41, 5.74) is 2.27. The molecule has 1 aliphatic rings. The molecule has 4 aromatic carbocycles. The van der Waals surface area contributed by atoms with Crippen LogP contribution in [0.4, 0.5) is 74.6 Å². The van der Waals surface area contributed by atoms with Crippen molar-refractivity contribution in [1.29, 1.82) is 0 Å². The predicted molar refractivity (Wildman–Crippen MR) is 203 cm³/mol. The Morgan fingerprint density at radius 1 is 0.441 bits per heavy atom.